The summed E-state index contributed by atoms with van der Waals surface area (Å²) in [7, 11) is 0. The molecule has 0 aliphatic heterocycles. The molecule has 6 heteroatoms. The minimum atomic E-state index is -0.787. The maximum atomic E-state index is 12.8. The standard InChI is InChI=1S/C65H112O6/c1-4-7-10-13-15-17-19-21-23-25-27-29-31-32-34-35-37-39-41-43-45-47-49-52-55-58-64(67)70-61-62(60-69-63(66)57-54-51-12-9-6-3)71-65(68)59-56-53-50-48-46-44-42-40-38-36-33-30-28-26-24-22-20-18-16-14-11-8-5-2/h8,11,16,18,22,24-25,27-28,30,36,38,42,44,62H,4-7,9-10,12-15,17,19-21,23,26,29,31-35,37,39-41,43,45-61H2,1-3H3/b11-8-,18-16-,24-22-,27-25-,30-28-,38-36-,44-42-. The van der Waals surface area contributed by atoms with Crippen molar-refractivity contribution in [3.63, 3.8) is 0 Å². The molecule has 0 aromatic carbocycles. The molecule has 1 unspecified atom stereocenters. The first-order valence-corrected chi connectivity index (χ1v) is 30.1. The first-order valence-electron chi connectivity index (χ1n) is 30.1. The van der Waals surface area contributed by atoms with Crippen molar-refractivity contribution in [1.82, 2.24) is 0 Å². The maximum absolute atomic E-state index is 12.8. The number of ether oxygens (including phenoxy) is 3. The van der Waals surface area contributed by atoms with Crippen LogP contribution in [0.4, 0.5) is 0 Å². The van der Waals surface area contributed by atoms with E-state index in [-0.39, 0.29) is 31.1 Å². The lowest BCUT2D eigenvalue weighted by molar-refractivity contribution is -0.167. The summed E-state index contributed by atoms with van der Waals surface area (Å²) in [6.07, 6.45) is 77.7. The number of carbonyl (C=O) groups excluding carboxylic acids is 3. The Morgan fingerprint density at radius 3 is 0.873 bits per heavy atom. The van der Waals surface area contributed by atoms with Crippen LogP contribution in [0.2, 0.25) is 0 Å². The van der Waals surface area contributed by atoms with E-state index in [1.165, 1.54) is 135 Å². The number of unbranched alkanes of at least 4 members (excludes halogenated alkanes) is 29. The molecular formula is C65H112O6. The number of rotatable bonds is 54. The normalized spacial score (nSPS) is 12.7. The van der Waals surface area contributed by atoms with E-state index in [1.54, 1.807) is 0 Å². The molecule has 0 rings (SSSR count). The summed E-state index contributed by atoms with van der Waals surface area (Å²) in [5, 5.41) is 0. The van der Waals surface area contributed by atoms with Crippen molar-refractivity contribution in [2.75, 3.05) is 13.2 Å². The van der Waals surface area contributed by atoms with Gasteiger partial charge in [0, 0.05) is 19.3 Å². The average molecular weight is 990 g/mol. The summed E-state index contributed by atoms with van der Waals surface area (Å²) >= 11 is 0. The molecule has 408 valence electrons. The van der Waals surface area contributed by atoms with Gasteiger partial charge in [0.1, 0.15) is 13.2 Å². The molecule has 0 aliphatic carbocycles. The summed E-state index contributed by atoms with van der Waals surface area (Å²) in [5.41, 5.74) is 0. The molecule has 0 saturated carbocycles. The monoisotopic (exact) mass is 989 g/mol. The van der Waals surface area contributed by atoms with Crippen LogP contribution in [0.3, 0.4) is 0 Å². The molecule has 0 amide bonds. The molecule has 6 nitrogen and oxygen atoms in total. The Balaban J connectivity index is 4.12. The van der Waals surface area contributed by atoms with Gasteiger partial charge in [0.05, 0.1) is 0 Å². The van der Waals surface area contributed by atoms with Gasteiger partial charge in [0.25, 0.3) is 0 Å². The van der Waals surface area contributed by atoms with E-state index in [1.807, 2.05) is 0 Å². The first-order chi connectivity index (χ1) is 35.0. The highest BCUT2D eigenvalue weighted by atomic mass is 16.6. The van der Waals surface area contributed by atoms with Crippen LogP contribution >= 0.6 is 0 Å². The number of carbonyl (C=O) groups is 3. The summed E-state index contributed by atoms with van der Waals surface area (Å²) < 4.78 is 16.7. The van der Waals surface area contributed by atoms with Gasteiger partial charge in [-0.1, -0.05) is 260 Å². The van der Waals surface area contributed by atoms with E-state index in [4.69, 9.17) is 14.2 Å². The average Bonchev–Trinajstić information content (AvgIpc) is 3.37. The third-order valence-corrected chi connectivity index (χ3v) is 12.9. The van der Waals surface area contributed by atoms with Crippen LogP contribution < -0.4 is 0 Å². The van der Waals surface area contributed by atoms with Crippen LogP contribution in [0.15, 0.2) is 85.1 Å². The summed E-state index contributed by atoms with van der Waals surface area (Å²) in [6.45, 7) is 6.44. The topological polar surface area (TPSA) is 78.9 Å². The third-order valence-electron chi connectivity index (χ3n) is 12.9. The lowest BCUT2D eigenvalue weighted by Crippen LogP contribution is -2.30. The van der Waals surface area contributed by atoms with Crippen molar-refractivity contribution in [3.05, 3.63) is 85.1 Å². The second kappa shape index (κ2) is 59.2. The maximum Gasteiger partial charge on any atom is 0.306 e. The van der Waals surface area contributed by atoms with Crippen molar-refractivity contribution < 1.29 is 28.6 Å². The van der Waals surface area contributed by atoms with Gasteiger partial charge in [-0.05, 0) is 96.3 Å². The van der Waals surface area contributed by atoms with Gasteiger partial charge in [-0.3, -0.25) is 14.4 Å². The molecule has 0 saturated heterocycles. The fourth-order valence-corrected chi connectivity index (χ4v) is 8.38. The van der Waals surface area contributed by atoms with Crippen LogP contribution in [-0.2, 0) is 28.6 Å². The quantitative estimate of drug-likeness (QED) is 0.0261. The number of allylic oxidation sites excluding steroid dienone is 14. The van der Waals surface area contributed by atoms with E-state index in [2.05, 4.69) is 106 Å². The summed E-state index contributed by atoms with van der Waals surface area (Å²) in [6, 6.07) is 0. The third kappa shape index (κ3) is 57.4. The Kier molecular flexibility index (Phi) is 56.3. The minimum Gasteiger partial charge on any atom is -0.462 e. The largest absolute Gasteiger partial charge is 0.462 e. The van der Waals surface area contributed by atoms with E-state index in [0.29, 0.717) is 19.3 Å². The van der Waals surface area contributed by atoms with Gasteiger partial charge in [-0.25, -0.2) is 0 Å². The van der Waals surface area contributed by atoms with Crippen LogP contribution in [0.5, 0.6) is 0 Å². The number of hydrogen-bond acceptors (Lipinski definition) is 6. The van der Waals surface area contributed by atoms with Gasteiger partial charge < -0.3 is 14.2 Å². The van der Waals surface area contributed by atoms with Gasteiger partial charge >= 0.3 is 17.9 Å². The molecule has 0 aromatic heterocycles. The fraction of sp³-hybridized carbons (Fsp3) is 0.738. The zero-order valence-corrected chi connectivity index (χ0v) is 46.7. The Labute approximate surface area is 439 Å². The van der Waals surface area contributed by atoms with Gasteiger partial charge in [-0.15, -0.1) is 0 Å². The van der Waals surface area contributed by atoms with Crippen LogP contribution in [0.25, 0.3) is 0 Å². The predicted octanol–water partition coefficient (Wildman–Crippen LogP) is 20.3. The van der Waals surface area contributed by atoms with Crippen LogP contribution in [0.1, 0.15) is 290 Å². The Morgan fingerprint density at radius 2 is 0.549 bits per heavy atom. The Morgan fingerprint density at radius 1 is 0.296 bits per heavy atom. The predicted molar refractivity (Wildman–Crippen MR) is 307 cm³/mol. The second-order valence-electron chi connectivity index (χ2n) is 19.9. The smallest absolute Gasteiger partial charge is 0.306 e. The van der Waals surface area contributed by atoms with E-state index >= 15 is 0 Å². The van der Waals surface area contributed by atoms with Gasteiger partial charge in [0.2, 0.25) is 0 Å². The van der Waals surface area contributed by atoms with E-state index < -0.39 is 6.10 Å². The molecule has 0 heterocycles. The number of hydrogen-bond donors (Lipinski definition) is 0. The molecule has 0 fully saturated rings. The highest BCUT2D eigenvalue weighted by molar-refractivity contribution is 5.71. The lowest BCUT2D eigenvalue weighted by Gasteiger charge is -2.18. The molecule has 0 spiro atoms. The van der Waals surface area contributed by atoms with Crippen molar-refractivity contribution in [1.29, 1.82) is 0 Å². The minimum absolute atomic E-state index is 0.0862. The van der Waals surface area contributed by atoms with Crippen LogP contribution in [0, 0.1) is 0 Å². The van der Waals surface area contributed by atoms with E-state index in [9.17, 15) is 14.4 Å². The van der Waals surface area contributed by atoms with Crippen molar-refractivity contribution in [3.8, 4) is 0 Å². The summed E-state index contributed by atoms with van der Waals surface area (Å²) in [5.74, 6) is -0.920. The molecular weight excluding hydrogens is 877 g/mol. The van der Waals surface area contributed by atoms with E-state index in [0.717, 1.165) is 116 Å². The van der Waals surface area contributed by atoms with Gasteiger partial charge in [-0.2, -0.15) is 0 Å². The SMILES string of the molecule is CC/C=C\C/C=C\C/C=C\C/C=C\C/C=C\C/C=C\CCCCCCC(=O)OC(COC(=O)CCCCCCC)COC(=O)CCCCCCCCCCCCCCC/C=C\CCCCCCCCCC. The Bertz CT molecular complexity index is 1370. The highest BCUT2D eigenvalue weighted by Gasteiger charge is 2.19. The first kappa shape index (κ1) is 67.6. The molecule has 0 aliphatic rings. The highest BCUT2D eigenvalue weighted by Crippen LogP contribution is 2.16. The van der Waals surface area contributed by atoms with Crippen molar-refractivity contribution >= 4 is 17.9 Å². The van der Waals surface area contributed by atoms with Crippen molar-refractivity contribution in [2.24, 2.45) is 0 Å². The van der Waals surface area contributed by atoms with Gasteiger partial charge in [0.15, 0.2) is 6.10 Å². The van der Waals surface area contributed by atoms with Crippen LogP contribution in [-0.4, -0.2) is 37.2 Å². The molecule has 0 N–H and O–H groups in total. The molecule has 0 radical (unpaired) electrons. The zero-order valence-electron chi connectivity index (χ0n) is 46.7. The second-order valence-corrected chi connectivity index (χ2v) is 19.9. The number of esters is 3. The fourth-order valence-electron chi connectivity index (χ4n) is 8.38. The van der Waals surface area contributed by atoms with Crippen molar-refractivity contribution in [2.45, 2.75) is 297 Å². The molecule has 71 heavy (non-hydrogen) atoms. The zero-order chi connectivity index (χ0) is 51.4. The summed E-state index contributed by atoms with van der Waals surface area (Å²) in [4.78, 5) is 37.8. The molecule has 0 bridgehead atoms. The Hall–Kier alpha value is -3.41. The lowest BCUT2D eigenvalue weighted by atomic mass is 10.0. The molecule has 0 aromatic rings. The molecule has 1 atom stereocenters.